The molecule has 1 aromatic heterocycles. The minimum absolute atomic E-state index is 0.0303. The average molecular weight is 301 g/mol. The molecule has 110 valence electrons. The van der Waals surface area contributed by atoms with Gasteiger partial charge in [-0.05, 0) is 25.5 Å². The highest BCUT2D eigenvalue weighted by Gasteiger charge is 2.29. The van der Waals surface area contributed by atoms with E-state index < -0.39 is 0 Å². The Labute approximate surface area is 128 Å². The summed E-state index contributed by atoms with van der Waals surface area (Å²) in [6.07, 6.45) is 0. The van der Waals surface area contributed by atoms with E-state index in [0.29, 0.717) is 12.5 Å². The Morgan fingerprint density at radius 1 is 1.43 bits per heavy atom. The molecule has 21 heavy (non-hydrogen) atoms. The van der Waals surface area contributed by atoms with Crippen molar-refractivity contribution >= 4 is 23.1 Å². The zero-order valence-electron chi connectivity index (χ0n) is 12.5. The second-order valence-electron chi connectivity index (χ2n) is 5.47. The number of aromatic nitrogens is 1. The molecule has 2 heterocycles. The van der Waals surface area contributed by atoms with Gasteiger partial charge in [0.1, 0.15) is 0 Å². The number of carbonyl (C=O) groups excluding carboxylic acids is 1. The van der Waals surface area contributed by atoms with Crippen molar-refractivity contribution in [3.63, 3.8) is 0 Å². The van der Waals surface area contributed by atoms with Crippen molar-refractivity contribution in [2.24, 2.45) is 0 Å². The molecule has 0 bridgehead atoms. The lowest BCUT2D eigenvalue weighted by atomic mass is 10.0. The smallest absolute Gasteiger partial charge is 0.322 e. The number of benzene rings is 1. The van der Waals surface area contributed by atoms with Crippen LogP contribution in [0.15, 0.2) is 24.3 Å². The van der Waals surface area contributed by atoms with Gasteiger partial charge in [-0.25, -0.2) is 9.78 Å². The third-order valence-electron chi connectivity index (χ3n) is 3.86. The molecule has 1 N–H and O–H groups in total. The summed E-state index contributed by atoms with van der Waals surface area (Å²) < 4.78 is 0. The summed E-state index contributed by atoms with van der Waals surface area (Å²) in [5, 5.41) is 4.05. The number of rotatable bonds is 2. The van der Waals surface area contributed by atoms with Crippen molar-refractivity contribution in [3.05, 3.63) is 45.4 Å². The van der Waals surface area contributed by atoms with Crippen LogP contribution in [0.1, 0.15) is 34.0 Å². The maximum atomic E-state index is 12.4. The highest BCUT2D eigenvalue weighted by Crippen LogP contribution is 2.35. The van der Waals surface area contributed by atoms with Gasteiger partial charge in [-0.15, -0.1) is 11.3 Å². The fourth-order valence-corrected chi connectivity index (χ4v) is 3.68. The first kappa shape index (κ1) is 14.1. The van der Waals surface area contributed by atoms with E-state index in [1.807, 2.05) is 36.9 Å². The van der Waals surface area contributed by atoms with Gasteiger partial charge in [0, 0.05) is 23.0 Å². The molecule has 1 aromatic carbocycles. The number of nitrogens with zero attached hydrogens (tertiary/aromatic N) is 2. The number of urea groups is 1. The van der Waals surface area contributed by atoms with E-state index in [0.717, 1.165) is 27.8 Å². The van der Waals surface area contributed by atoms with Crippen LogP contribution in [-0.2, 0) is 6.54 Å². The van der Waals surface area contributed by atoms with Crippen LogP contribution in [0, 0.1) is 13.8 Å². The second-order valence-corrected chi connectivity index (χ2v) is 6.76. The normalized spacial score (nSPS) is 16.9. The molecular formula is C16H19N3OS. The molecule has 1 aliphatic heterocycles. The van der Waals surface area contributed by atoms with E-state index in [4.69, 9.17) is 0 Å². The number of fused-ring (bicyclic) bond motifs is 1. The first-order valence-corrected chi connectivity index (χ1v) is 7.95. The summed E-state index contributed by atoms with van der Waals surface area (Å²) in [6, 6.07) is 8.09. The number of hydrogen-bond donors (Lipinski definition) is 1. The number of amides is 2. The molecule has 1 aliphatic rings. The van der Waals surface area contributed by atoms with Gasteiger partial charge in [0.25, 0.3) is 0 Å². The van der Waals surface area contributed by atoms with Crippen molar-refractivity contribution in [2.75, 3.05) is 11.4 Å². The van der Waals surface area contributed by atoms with Crippen LogP contribution >= 0.6 is 11.3 Å². The van der Waals surface area contributed by atoms with E-state index in [2.05, 4.69) is 23.3 Å². The fraction of sp³-hybridized carbons (Fsp3) is 0.375. The van der Waals surface area contributed by atoms with Gasteiger partial charge in [-0.1, -0.05) is 25.1 Å². The summed E-state index contributed by atoms with van der Waals surface area (Å²) in [4.78, 5) is 19.8. The minimum Gasteiger partial charge on any atom is -0.333 e. The van der Waals surface area contributed by atoms with E-state index in [9.17, 15) is 4.79 Å². The Hall–Kier alpha value is -1.88. The van der Waals surface area contributed by atoms with Gasteiger partial charge in [0.05, 0.1) is 17.2 Å². The number of hydrogen-bond acceptors (Lipinski definition) is 3. The summed E-state index contributed by atoms with van der Waals surface area (Å²) in [6.45, 7) is 7.41. The zero-order valence-corrected chi connectivity index (χ0v) is 13.3. The Kier molecular flexibility index (Phi) is 3.68. The summed E-state index contributed by atoms with van der Waals surface area (Å²) in [5.41, 5.74) is 3.28. The van der Waals surface area contributed by atoms with Crippen LogP contribution in [0.25, 0.3) is 0 Å². The topological polar surface area (TPSA) is 45.2 Å². The zero-order chi connectivity index (χ0) is 15.0. The van der Waals surface area contributed by atoms with Crippen molar-refractivity contribution in [2.45, 2.75) is 33.2 Å². The minimum atomic E-state index is -0.0303. The monoisotopic (exact) mass is 301 g/mol. The van der Waals surface area contributed by atoms with Gasteiger partial charge < -0.3 is 5.32 Å². The van der Waals surface area contributed by atoms with Crippen LogP contribution in [0.4, 0.5) is 10.5 Å². The molecule has 2 amide bonds. The molecule has 4 nitrogen and oxygen atoms in total. The number of thiazole rings is 1. The maximum absolute atomic E-state index is 12.4. The Bertz CT molecular complexity index is 680. The first-order chi connectivity index (χ1) is 10.1. The molecule has 5 heteroatoms. The van der Waals surface area contributed by atoms with Crippen LogP contribution in [0.3, 0.4) is 0 Å². The van der Waals surface area contributed by atoms with E-state index >= 15 is 0 Å². The van der Waals surface area contributed by atoms with Crippen LogP contribution in [-0.4, -0.2) is 17.6 Å². The molecule has 0 radical (unpaired) electrons. The third-order valence-corrected chi connectivity index (χ3v) is 4.93. The van der Waals surface area contributed by atoms with Crippen molar-refractivity contribution in [1.29, 1.82) is 0 Å². The van der Waals surface area contributed by atoms with Gasteiger partial charge in [0.15, 0.2) is 0 Å². The van der Waals surface area contributed by atoms with Gasteiger partial charge in [-0.3, -0.25) is 4.90 Å². The van der Waals surface area contributed by atoms with Crippen LogP contribution < -0.4 is 10.2 Å². The summed E-state index contributed by atoms with van der Waals surface area (Å²) in [5.74, 6) is 0.388. The quantitative estimate of drug-likeness (QED) is 0.921. The van der Waals surface area contributed by atoms with Crippen molar-refractivity contribution in [3.8, 4) is 0 Å². The van der Waals surface area contributed by atoms with Gasteiger partial charge >= 0.3 is 6.03 Å². The summed E-state index contributed by atoms with van der Waals surface area (Å²) >= 11 is 1.64. The Balaban J connectivity index is 1.71. The molecule has 0 spiro atoms. The number of para-hydroxylation sites is 1. The lowest BCUT2D eigenvalue weighted by molar-refractivity contribution is 0.246. The Morgan fingerprint density at radius 2 is 2.19 bits per heavy atom. The third kappa shape index (κ3) is 2.65. The number of carbonyl (C=O) groups is 1. The lowest BCUT2D eigenvalue weighted by Crippen LogP contribution is -2.38. The van der Waals surface area contributed by atoms with Crippen LogP contribution in [0.2, 0.25) is 0 Å². The van der Waals surface area contributed by atoms with Crippen molar-refractivity contribution < 1.29 is 4.79 Å². The molecule has 3 rings (SSSR count). The molecule has 0 fully saturated rings. The lowest BCUT2D eigenvalue weighted by Gasteiger charge is -2.18. The van der Waals surface area contributed by atoms with Crippen LogP contribution in [0.5, 0.6) is 0 Å². The highest BCUT2D eigenvalue weighted by atomic mass is 32.1. The number of anilines is 1. The Morgan fingerprint density at radius 3 is 2.90 bits per heavy atom. The van der Waals surface area contributed by atoms with E-state index in [1.165, 1.54) is 5.56 Å². The molecule has 1 atom stereocenters. The summed E-state index contributed by atoms with van der Waals surface area (Å²) in [7, 11) is 0. The molecular weight excluding hydrogens is 282 g/mol. The second kappa shape index (κ2) is 5.48. The molecule has 0 aliphatic carbocycles. The predicted molar refractivity (Wildman–Crippen MR) is 86.0 cm³/mol. The standard InChI is InChI=1S/C16H19N3OS/c1-10-9-19(14-7-5-4-6-13(10)14)16(20)17-8-15-11(2)18-12(3)21-15/h4-7,10H,8-9H2,1-3H3,(H,17,20)/t10-/m0/s1. The molecule has 0 saturated carbocycles. The SMILES string of the molecule is Cc1nc(C)c(CNC(=O)N2C[C@H](C)c3ccccc32)s1. The maximum Gasteiger partial charge on any atom is 0.322 e. The van der Waals surface area contributed by atoms with Crippen molar-refractivity contribution in [1.82, 2.24) is 10.3 Å². The molecule has 2 aromatic rings. The fourth-order valence-electron chi connectivity index (χ4n) is 2.80. The number of nitrogens with one attached hydrogen (secondary N) is 1. The largest absolute Gasteiger partial charge is 0.333 e. The molecule has 0 saturated heterocycles. The highest BCUT2D eigenvalue weighted by molar-refractivity contribution is 7.11. The number of aryl methyl sites for hydroxylation is 2. The average Bonchev–Trinajstić information content (AvgIpc) is 2.97. The van der Waals surface area contributed by atoms with Gasteiger partial charge in [-0.2, -0.15) is 0 Å². The van der Waals surface area contributed by atoms with E-state index in [-0.39, 0.29) is 6.03 Å². The predicted octanol–water partition coefficient (Wildman–Crippen LogP) is 3.59. The molecule has 0 unspecified atom stereocenters. The van der Waals surface area contributed by atoms with Gasteiger partial charge in [0.2, 0.25) is 0 Å². The first-order valence-electron chi connectivity index (χ1n) is 7.13. The van der Waals surface area contributed by atoms with E-state index in [1.54, 1.807) is 11.3 Å².